The monoisotopic (exact) mass is 411 g/mol. The summed E-state index contributed by atoms with van der Waals surface area (Å²) in [5.41, 5.74) is 3.29. The van der Waals surface area contributed by atoms with Crippen molar-refractivity contribution in [3.8, 4) is 0 Å². The van der Waals surface area contributed by atoms with E-state index in [-0.39, 0.29) is 0 Å². The number of aromatic nitrogens is 3. The van der Waals surface area contributed by atoms with E-state index in [2.05, 4.69) is 40.3 Å². The molecule has 4 heterocycles. The van der Waals surface area contributed by atoms with Gasteiger partial charge in [-0.2, -0.15) is 5.10 Å². The van der Waals surface area contributed by atoms with Crippen LogP contribution in [0.3, 0.4) is 0 Å². The number of benzene rings is 1. The van der Waals surface area contributed by atoms with E-state index in [1.165, 1.54) is 11.3 Å². The molecule has 0 saturated carbocycles. The lowest BCUT2D eigenvalue weighted by Gasteiger charge is -2.31. The Bertz CT molecular complexity index is 984. The fourth-order valence-electron chi connectivity index (χ4n) is 4.35. The molecule has 2 aliphatic heterocycles. The third kappa shape index (κ3) is 4.10. The van der Waals surface area contributed by atoms with Crippen molar-refractivity contribution >= 4 is 22.9 Å². The lowest BCUT2D eigenvalue weighted by molar-refractivity contribution is 0.122. The maximum absolute atomic E-state index is 6.36. The Morgan fingerprint density at radius 3 is 2.79 bits per heavy atom. The van der Waals surface area contributed by atoms with E-state index in [1.54, 1.807) is 0 Å². The molecule has 0 amide bonds. The van der Waals surface area contributed by atoms with E-state index in [9.17, 15) is 0 Å². The summed E-state index contributed by atoms with van der Waals surface area (Å²) in [6.07, 6.45) is 4.39. The predicted molar refractivity (Wildman–Crippen MR) is 115 cm³/mol. The van der Waals surface area contributed by atoms with Crippen molar-refractivity contribution in [2.45, 2.75) is 25.3 Å². The highest BCUT2D eigenvalue weighted by atomic mass is 35.5. The van der Waals surface area contributed by atoms with Crippen LogP contribution in [0.15, 0.2) is 42.6 Å². The molecule has 0 N–H and O–H groups in total. The number of pyridine rings is 1. The Morgan fingerprint density at radius 1 is 1.07 bits per heavy atom. The first-order chi connectivity index (χ1) is 14.3. The highest BCUT2D eigenvalue weighted by Crippen LogP contribution is 2.28. The molecule has 0 radical (unpaired) electrons. The number of halogens is 1. The Morgan fingerprint density at radius 2 is 1.93 bits per heavy atom. The summed E-state index contributed by atoms with van der Waals surface area (Å²) >= 11 is 6.36. The van der Waals surface area contributed by atoms with Crippen molar-refractivity contribution in [2.75, 3.05) is 44.3 Å². The quantitative estimate of drug-likeness (QED) is 0.656. The third-order valence-electron chi connectivity index (χ3n) is 5.93. The number of likely N-dealkylation sites (tertiary alicyclic amines) is 1. The van der Waals surface area contributed by atoms with Crippen molar-refractivity contribution in [1.29, 1.82) is 0 Å². The van der Waals surface area contributed by atoms with Crippen LogP contribution in [0, 0.1) is 0 Å². The van der Waals surface area contributed by atoms with E-state index in [0.717, 1.165) is 75.3 Å². The van der Waals surface area contributed by atoms with Crippen LogP contribution in [0.5, 0.6) is 0 Å². The Kier molecular flexibility index (Phi) is 5.40. The van der Waals surface area contributed by atoms with Crippen LogP contribution in [0.4, 0.5) is 5.69 Å². The number of morpholine rings is 1. The van der Waals surface area contributed by atoms with Crippen molar-refractivity contribution < 1.29 is 4.74 Å². The zero-order valence-electron chi connectivity index (χ0n) is 16.5. The standard InChI is InChI=1S/C22H26ClN5O/c23-20-6-2-1-4-17(20)14-26-9-3-5-18(15-26)22-24-21-8-7-19(16-28(21)25-22)27-10-12-29-13-11-27/h1-2,4,6-8,16,18H,3,5,9-15H2/t18-/m1/s1. The molecule has 2 saturated heterocycles. The number of hydrogen-bond donors (Lipinski definition) is 0. The number of hydrogen-bond acceptors (Lipinski definition) is 5. The lowest BCUT2D eigenvalue weighted by Crippen LogP contribution is -2.36. The van der Waals surface area contributed by atoms with Crippen molar-refractivity contribution in [2.24, 2.45) is 0 Å². The molecule has 2 aliphatic rings. The molecule has 0 bridgehead atoms. The molecular weight excluding hydrogens is 386 g/mol. The third-order valence-corrected chi connectivity index (χ3v) is 6.30. The molecule has 2 fully saturated rings. The molecule has 0 aliphatic carbocycles. The normalized spacial score (nSPS) is 21.0. The first-order valence-corrected chi connectivity index (χ1v) is 10.8. The minimum Gasteiger partial charge on any atom is -0.378 e. The summed E-state index contributed by atoms with van der Waals surface area (Å²) in [5, 5.41) is 5.69. The largest absolute Gasteiger partial charge is 0.378 e. The maximum Gasteiger partial charge on any atom is 0.156 e. The van der Waals surface area contributed by atoms with Gasteiger partial charge in [0.15, 0.2) is 11.5 Å². The number of nitrogens with zero attached hydrogens (tertiary/aromatic N) is 5. The smallest absolute Gasteiger partial charge is 0.156 e. The molecule has 1 atom stereocenters. The van der Waals surface area contributed by atoms with Gasteiger partial charge in [-0.05, 0) is 43.1 Å². The zero-order valence-corrected chi connectivity index (χ0v) is 17.3. The van der Waals surface area contributed by atoms with Gasteiger partial charge in [0.05, 0.1) is 25.1 Å². The van der Waals surface area contributed by atoms with Gasteiger partial charge in [0, 0.05) is 37.1 Å². The summed E-state index contributed by atoms with van der Waals surface area (Å²) < 4.78 is 7.40. The van der Waals surface area contributed by atoms with Crippen LogP contribution in [-0.2, 0) is 11.3 Å². The summed E-state index contributed by atoms with van der Waals surface area (Å²) in [6.45, 7) is 6.35. The molecule has 3 aromatic rings. The Labute approximate surface area is 176 Å². The summed E-state index contributed by atoms with van der Waals surface area (Å²) in [5.74, 6) is 1.31. The maximum atomic E-state index is 6.36. The highest BCUT2D eigenvalue weighted by Gasteiger charge is 2.25. The van der Waals surface area contributed by atoms with Gasteiger partial charge in [-0.1, -0.05) is 29.8 Å². The second-order valence-corrected chi connectivity index (χ2v) is 8.33. The number of rotatable bonds is 4. The SMILES string of the molecule is Clc1ccccc1CN1CCC[C@@H](c2nc3ccc(N4CCOCC4)cn3n2)C1. The Hall–Kier alpha value is -2.15. The minimum absolute atomic E-state index is 0.359. The molecule has 2 aromatic heterocycles. The molecule has 7 heteroatoms. The van der Waals surface area contributed by atoms with E-state index in [0.29, 0.717) is 5.92 Å². The van der Waals surface area contributed by atoms with E-state index in [1.807, 2.05) is 16.6 Å². The molecule has 29 heavy (non-hydrogen) atoms. The van der Waals surface area contributed by atoms with Gasteiger partial charge in [0.25, 0.3) is 0 Å². The van der Waals surface area contributed by atoms with Gasteiger partial charge in [-0.25, -0.2) is 9.50 Å². The number of ether oxygens (including phenoxy) is 1. The van der Waals surface area contributed by atoms with E-state index < -0.39 is 0 Å². The highest BCUT2D eigenvalue weighted by molar-refractivity contribution is 6.31. The number of fused-ring (bicyclic) bond motifs is 1. The van der Waals surface area contributed by atoms with Crippen LogP contribution >= 0.6 is 11.6 Å². The van der Waals surface area contributed by atoms with Crippen LogP contribution < -0.4 is 4.90 Å². The molecule has 152 valence electrons. The van der Waals surface area contributed by atoms with Crippen molar-refractivity contribution in [3.63, 3.8) is 0 Å². The molecule has 0 unspecified atom stereocenters. The second kappa shape index (κ2) is 8.30. The summed E-state index contributed by atoms with van der Waals surface area (Å²) in [4.78, 5) is 9.65. The van der Waals surface area contributed by atoms with Gasteiger partial charge in [0.1, 0.15) is 0 Å². The lowest BCUT2D eigenvalue weighted by atomic mass is 9.97. The molecule has 0 spiro atoms. The average Bonchev–Trinajstić information content (AvgIpc) is 3.20. The van der Waals surface area contributed by atoms with Crippen LogP contribution in [-0.4, -0.2) is 58.9 Å². The van der Waals surface area contributed by atoms with Crippen molar-refractivity contribution in [1.82, 2.24) is 19.5 Å². The van der Waals surface area contributed by atoms with Gasteiger partial charge < -0.3 is 9.64 Å². The Balaban J connectivity index is 1.32. The fourth-order valence-corrected chi connectivity index (χ4v) is 4.54. The van der Waals surface area contributed by atoms with E-state index in [4.69, 9.17) is 26.4 Å². The van der Waals surface area contributed by atoms with Gasteiger partial charge in [-0.15, -0.1) is 0 Å². The van der Waals surface area contributed by atoms with Crippen LogP contribution in [0.1, 0.15) is 30.1 Å². The van der Waals surface area contributed by atoms with E-state index >= 15 is 0 Å². The van der Waals surface area contributed by atoms with Crippen LogP contribution in [0.25, 0.3) is 5.65 Å². The van der Waals surface area contributed by atoms with Gasteiger partial charge in [-0.3, -0.25) is 4.90 Å². The van der Waals surface area contributed by atoms with Crippen molar-refractivity contribution in [3.05, 3.63) is 59.0 Å². The van der Waals surface area contributed by atoms with Gasteiger partial charge in [0.2, 0.25) is 0 Å². The molecule has 6 nitrogen and oxygen atoms in total. The second-order valence-electron chi connectivity index (χ2n) is 7.93. The predicted octanol–water partition coefficient (Wildman–Crippen LogP) is 3.60. The number of anilines is 1. The summed E-state index contributed by atoms with van der Waals surface area (Å²) in [6, 6.07) is 12.3. The van der Waals surface area contributed by atoms with Gasteiger partial charge >= 0.3 is 0 Å². The topological polar surface area (TPSA) is 45.9 Å². The first kappa shape index (κ1) is 18.9. The average molecular weight is 412 g/mol. The molecule has 5 rings (SSSR count). The summed E-state index contributed by atoms with van der Waals surface area (Å²) in [7, 11) is 0. The zero-order chi connectivity index (χ0) is 19.6. The number of piperidine rings is 1. The minimum atomic E-state index is 0.359. The fraction of sp³-hybridized carbons (Fsp3) is 0.455. The van der Waals surface area contributed by atoms with Crippen LogP contribution in [0.2, 0.25) is 5.02 Å². The molecule has 1 aromatic carbocycles. The molecular formula is C22H26ClN5O. The first-order valence-electron chi connectivity index (χ1n) is 10.4.